The van der Waals surface area contributed by atoms with Crippen molar-refractivity contribution in [3.63, 3.8) is 0 Å². The second-order valence-electron chi connectivity index (χ2n) is 4.39. The van der Waals surface area contributed by atoms with E-state index in [1.807, 2.05) is 0 Å². The fourth-order valence-corrected chi connectivity index (χ4v) is 1.57. The molecule has 1 aliphatic rings. The lowest BCUT2D eigenvalue weighted by atomic mass is 9.90. The summed E-state index contributed by atoms with van der Waals surface area (Å²) in [4.78, 5) is 22.8. The predicted molar refractivity (Wildman–Crippen MR) is 59.5 cm³/mol. The summed E-state index contributed by atoms with van der Waals surface area (Å²) in [6, 6.07) is 0. The fourth-order valence-electron chi connectivity index (χ4n) is 1.57. The van der Waals surface area contributed by atoms with Crippen LogP contribution in [0.15, 0.2) is 12.2 Å². The van der Waals surface area contributed by atoms with Crippen LogP contribution in [-0.2, 0) is 19.1 Å². The van der Waals surface area contributed by atoms with Gasteiger partial charge in [-0.3, -0.25) is 4.79 Å². The van der Waals surface area contributed by atoms with Crippen molar-refractivity contribution in [3.8, 4) is 0 Å². The summed E-state index contributed by atoms with van der Waals surface area (Å²) in [5, 5.41) is 39.2. The normalized spacial score (nSPS) is 38.6. The summed E-state index contributed by atoms with van der Waals surface area (Å²) >= 11 is 0. The van der Waals surface area contributed by atoms with Crippen LogP contribution in [-0.4, -0.2) is 62.6 Å². The molecule has 1 heterocycles. The van der Waals surface area contributed by atoms with Crippen molar-refractivity contribution >= 4 is 11.8 Å². The maximum atomic E-state index is 11.4. The Hall–Kier alpha value is -1.32. The molecule has 0 radical (unpaired) electrons. The van der Waals surface area contributed by atoms with E-state index in [1.54, 1.807) is 0 Å². The second-order valence-corrected chi connectivity index (χ2v) is 4.39. The van der Waals surface area contributed by atoms with E-state index in [0.29, 0.717) is 0 Å². The number of aliphatic hydroxyl groups is 4. The first-order valence-corrected chi connectivity index (χ1v) is 5.41. The molecular weight excluding hydrogens is 260 g/mol. The zero-order valence-corrected chi connectivity index (χ0v) is 10.5. The Morgan fingerprint density at radius 1 is 1.32 bits per heavy atom. The van der Waals surface area contributed by atoms with E-state index >= 15 is 0 Å². The molecule has 4 atom stereocenters. The van der Waals surface area contributed by atoms with E-state index in [9.17, 15) is 30.0 Å². The molecule has 8 heteroatoms. The van der Waals surface area contributed by atoms with Crippen molar-refractivity contribution in [3.05, 3.63) is 12.2 Å². The molecule has 1 saturated heterocycles. The molecule has 0 spiro atoms. The number of ketones is 1. The van der Waals surface area contributed by atoms with Crippen molar-refractivity contribution in [2.45, 2.75) is 37.6 Å². The molecule has 0 aromatic heterocycles. The van der Waals surface area contributed by atoms with E-state index in [2.05, 4.69) is 16.1 Å². The van der Waals surface area contributed by atoms with Gasteiger partial charge in [-0.05, 0) is 6.92 Å². The minimum absolute atomic E-state index is 0.147. The third-order valence-corrected chi connectivity index (χ3v) is 2.79. The maximum absolute atomic E-state index is 11.4. The largest absolute Gasteiger partial charge is 0.420 e. The molecule has 0 bridgehead atoms. The van der Waals surface area contributed by atoms with Crippen LogP contribution in [0.25, 0.3) is 0 Å². The van der Waals surface area contributed by atoms with Crippen LogP contribution in [0.3, 0.4) is 0 Å². The average Bonchev–Trinajstić information content (AvgIpc) is 2.31. The molecule has 4 N–H and O–H groups in total. The van der Waals surface area contributed by atoms with Crippen LogP contribution in [0.2, 0.25) is 0 Å². The number of Topliss-reactive ketones (excluding diaryl/α,β-unsaturated/α-hetero) is 1. The fraction of sp³-hybridized carbons (Fsp3) is 0.636. The van der Waals surface area contributed by atoms with Gasteiger partial charge < -0.3 is 29.9 Å². The Bertz CT molecular complexity index is 419. The third kappa shape index (κ3) is 2.40. The number of rotatable bonds is 3. The van der Waals surface area contributed by atoms with Gasteiger partial charge in [0.25, 0.3) is 5.79 Å². The summed E-state index contributed by atoms with van der Waals surface area (Å²) in [5.41, 5.74) is -0.147. The highest BCUT2D eigenvalue weighted by Gasteiger charge is 2.67. The molecule has 0 amide bonds. The van der Waals surface area contributed by atoms with Crippen molar-refractivity contribution in [1.82, 2.24) is 0 Å². The number of esters is 1. The van der Waals surface area contributed by atoms with Crippen LogP contribution in [0.5, 0.6) is 0 Å². The highest BCUT2D eigenvalue weighted by Crippen LogP contribution is 2.36. The van der Waals surface area contributed by atoms with E-state index in [1.165, 1.54) is 6.92 Å². The van der Waals surface area contributed by atoms with E-state index in [-0.39, 0.29) is 5.57 Å². The quantitative estimate of drug-likeness (QED) is 0.260. The SMILES string of the molecule is C=C(C)C(=O)O[C@]1(O)[C@@H](O)[C@H](O)COC1(O)C(C)=O. The lowest BCUT2D eigenvalue weighted by molar-refractivity contribution is -0.411. The predicted octanol–water partition coefficient (Wildman–Crippen LogP) is -2.18. The topological polar surface area (TPSA) is 134 Å². The van der Waals surface area contributed by atoms with Crippen LogP contribution in [0.4, 0.5) is 0 Å². The summed E-state index contributed by atoms with van der Waals surface area (Å²) in [7, 11) is 0. The minimum Gasteiger partial charge on any atom is -0.420 e. The number of ether oxygens (including phenoxy) is 2. The lowest BCUT2D eigenvalue weighted by Gasteiger charge is -2.47. The van der Waals surface area contributed by atoms with Crippen LogP contribution < -0.4 is 0 Å². The Labute approximate surface area is 108 Å². The first-order valence-electron chi connectivity index (χ1n) is 5.41. The molecule has 0 aromatic carbocycles. The Morgan fingerprint density at radius 2 is 1.84 bits per heavy atom. The van der Waals surface area contributed by atoms with Crippen LogP contribution in [0.1, 0.15) is 13.8 Å². The van der Waals surface area contributed by atoms with Gasteiger partial charge in [-0.15, -0.1) is 0 Å². The highest BCUT2D eigenvalue weighted by atomic mass is 16.7. The van der Waals surface area contributed by atoms with Gasteiger partial charge in [-0.1, -0.05) is 6.58 Å². The molecule has 0 aromatic rings. The molecule has 1 rings (SSSR count). The first kappa shape index (κ1) is 15.7. The van der Waals surface area contributed by atoms with Gasteiger partial charge in [0.05, 0.1) is 6.61 Å². The van der Waals surface area contributed by atoms with Crippen molar-refractivity contribution < 1.29 is 39.5 Å². The Morgan fingerprint density at radius 3 is 2.26 bits per heavy atom. The number of carbonyl (C=O) groups is 2. The lowest BCUT2D eigenvalue weighted by Crippen LogP contribution is -2.74. The van der Waals surface area contributed by atoms with Gasteiger partial charge in [0.15, 0.2) is 11.9 Å². The van der Waals surface area contributed by atoms with Crippen molar-refractivity contribution in [2.75, 3.05) is 6.61 Å². The second kappa shape index (κ2) is 4.99. The van der Waals surface area contributed by atoms with Crippen LogP contribution >= 0.6 is 0 Å². The molecule has 1 aliphatic heterocycles. The van der Waals surface area contributed by atoms with Crippen molar-refractivity contribution in [1.29, 1.82) is 0 Å². The van der Waals surface area contributed by atoms with E-state index in [0.717, 1.165) is 6.92 Å². The molecular formula is C11H16O8. The molecule has 1 unspecified atom stereocenters. The molecule has 108 valence electrons. The number of hydrogen-bond acceptors (Lipinski definition) is 8. The molecule has 1 fully saturated rings. The zero-order chi connectivity index (χ0) is 15.0. The first-order chi connectivity index (χ1) is 8.56. The minimum atomic E-state index is -3.13. The summed E-state index contributed by atoms with van der Waals surface area (Å²) in [6.07, 6.45) is -3.78. The Balaban J connectivity index is 3.22. The van der Waals surface area contributed by atoms with Crippen LogP contribution in [0, 0.1) is 0 Å². The smallest absolute Gasteiger partial charge is 0.335 e. The molecule has 19 heavy (non-hydrogen) atoms. The number of hydrogen-bond donors (Lipinski definition) is 4. The van der Waals surface area contributed by atoms with Gasteiger partial charge in [0.2, 0.25) is 0 Å². The third-order valence-electron chi connectivity index (χ3n) is 2.79. The molecule has 0 aliphatic carbocycles. The highest BCUT2D eigenvalue weighted by molar-refractivity contribution is 5.89. The van der Waals surface area contributed by atoms with Crippen molar-refractivity contribution in [2.24, 2.45) is 0 Å². The van der Waals surface area contributed by atoms with Gasteiger partial charge in [-0.25, -0.2) is 4.79 Å². The monoisotopic (exact) mass is 276 g/mol. The van der Waals surface area contributed by atoms with E-state index in [4.69, 9.17) is 0 Å². The maximum Gasteiger partial charge on any atom is 0.335 e. The van der Waals surface area contributed by atoms with E-state index < -0.39 is 42.1 Å². The summed E-state index contributed by atoms with van der Waals surface area (Å²) < 4.78 is 9.16. The average molecular weight is 276 g/mol. The summed E-state index contributed by atoms with van der Waals surface area (Å²) in [5.74, 6) is -8.38. The van der Waals surface area contributed by atoms with Gasteiger partial charge in [0.1, 0.15) is 6.10 Å². The van der Waals surface area contributed by atoms with Gasteiger partial charge in [0, 0.05) is 12.5 Å². The zero-order valence-electron chi connectivity index (χ0n) is 10.5. The van der Waals surface area contributed by atoms with Gasteiger partial charge in [-0.2, -0.15) is 0 Å². The number of carbonyl (C=O) groups excluding carboxylic acids is 2. The molecule has 8 nitrogen and oxygen atoms in total. The van der Waals surface area contributed by atoms with Gasteiger partial charge >= 0.3 is 11.8 Å². The Kier molecular flexibility index (Phi) is 4.13. The molecule has 0 saturated carbocycles. The number of aliphatic hydroxyl groups excluding tert-OH is 2. The standard InChI is InChI=1S/C11H16O8/c1-5(2)9(15)19-11(17)8(14)7(13)4-18-10(11,16)6(3)12/h7-8,13-14,16-17H,1,4H2,2-3H3/t7-,8+,10?,11-/m1/s1. The summed E-state index contributed by atoms with van der Waals surface area (Å²) in [6.45, 7) is 4.75.